The van der Waals surface area contributed by atoms with E-state index in [0.717, 1.165) is 16.7 Å². The Morgan fingerprint density at radius 2 is 1.64 bits per heavy atom. The zero-order valence-electron chi connectivity index (χ0n) is 5.60. The van der Waals surface area contributed by atoms with Crippen LogP contribution in [0.1, 0.15) is 5.56 Å². The highest BCUT2D eigenvalue weighted by Crippen LogP contribution is 2.49. The Hall–Kier alpha value is 0.520. The molecule has 0 saturated carbocycles. The lowest BCUT2D eigenvalue weighted by molar-refractivity contribution is 1.42. The van der Waals surface area contributed by atoms with Gasteiger partial charge in [-0.2, -0.15) is 0 Å². The molecule has 1 aromatic carbocycles. The molecule has 0 heterocycles. The lowest BCUT2D eigenvalue weighted by Gasteiger charge is -2.00. The van der Waals surface area contributed by atoms with Crippen molar-refractivity contribution in [3.63, 3.8) is 0 Å². The quantitative estimate of drug-likeness (QED) is 0.646. The average Bonchev–Trinajstić information content (AvgIpc) is 1.93. The van der Waals surface area contributed by atoms with Crippen LogP contribution < -0.4 is 0 Å². The van der Waals surface area contributed by atoms with Gasteiger partial charge in [0.2, 0.25) is 0 Å². The van der Waals surface area contributed by atoms with Crippen LogP contribution in [0.4, 0.5) is 0 Å². The molecule has 0 aromatic heterocycles. The summed E-state index contributed by atoms with van der Waals surface area (Å²) < 4.78 is 0. The van der Waals surface area contributed by atoms with E-state index in [9.17, 15) is 0 Å². The molecule has 0 bridgehead atoms. The van der Waals surface area contributed by atoms with Crippen molar-refractivity contribution in [2.75, 3.05) is 0 Å². The molecule has 0 radical (unpaired) electrons. The first-order valence-corrected chi connectivity index (χ1v) is 6.73. The summed E-state index contributed by atoms with van der Waals surface area (Å²) in [6, 6.07) is 7.54. The van der Waals surface area contributed by atoms with Crippen LogP contribution in [0.5, 0.6) is 0 Å². The third-order valence-electron chi connectivity index (χ3n) is 1.22. The molecule has 0 nitrogen and oxygen atoms in total. The number of halogens is 3. The standard InChI is InChI=1S/C7H6Cl3P/c8-7-3-1-6(2-4-7)5-11(9)10/h1-4H,5H2. The van der Waals surface area contributed by atoms with Crippen LogP contribution in [0.15, 0.2) is 24.3 Å². The normalized spacial score (nSPS) is 10.5. The molecule has 1 rings (SSSR count). The van der Waals surface area contributed by atoms with E-state index in [2.05, 4.69) is 0 Å². The molecule has 0 aliphatic rings. The van der Waals surface area contributed by atoms with Gasteiger partial charge >= 0.3 is 0 Å². The Morgan fingerprint density at radius 1 is 1.09 bits per heavy atom. The maximum atomic E-state index is 5.69. The molecule has 0 amide bonds. The fraction of sp³-hybridized carbons (Fsp3) is 0.143. The first-order chi connectivity index (χ1) is 5.18. The molecular weight excluding hydrogens is 221 g/mol. The monoisotopic (exact) mass is 226 g/mol. The van der Waals surface area contributed by atoms with Crippen LogP contribution in [-0.2, 0) is 6.16 Å². The van der Waals surface area contributed by atoms with E-state index in [-0.39, 0.29) is 0 Å². The number of rotatable bonds is 2. The van der Waals surface area contributed by atoms with E-state index < -0.39 is 6.63 Å². The SMILES string of the molecule is Clc1ccc(CP(Cl)Cl)cc1. The number of hydrogen-bond acceptors (Lipinski definition) is 0. The van der Waals surface area contributed by atoms with Gasteiger partial charge in [-0.15, -0.1) is 0 Å². The Morgan fingerprint density at radius 3 is 2.09 bits per heavy atom. The van der Waals surface area contributed by atoms with Crippen molar-refractivity contribution < 1.29 is 0 Å². The van der Waals surface area contributed by atoms with Crippen LogP contribution in [0, 0.1) is 0 Å². The Balaban J connectivity index is 2.66. The highest BCUT2D eigenvalue weighted by atomic mass is 35.9. The zero-order chi connectivity index (χ0) is 8.27. The molecule has 0 spiro atoms. The van der Waals surface area contributed by atoms with Crippen molar-refractivity contribution >= 4 is 40.7 Å². The van der Waals surface area contributed by atoms with E-state index in [0.29, 0.717) is 0 Å². The lowest BCUT2D eigenvalue weighted by atomic mass is 10.2. The van der Waals surface area contributed by atoms with Crippen molar-refractivity contribution in [2.24, 2.45) is 0 Å². The molecule has 0 aliphatic heterocycles. The third kappa shape index (κ3) is 3.62. The van der Waals surface area contributed by atoms with Gasteiger partial charge in [0.25, 0.3) is 0 Å². The zero-order valence-corrected chi connectivity index (χ0v) is 8.76. The van der Waals surface area contributed by atoms with Crippen LogP contribution in [-0.4, -0.2) is 0 Å². The van der Waals surface area contributed by atoms with Crippen molar-refractivity contribution in [3.05, 3.63) is 34.9 Å². The molecule has 4 heteroatoms. The highest BCUT2D eigenvalue weighted by molar-refractivity contribution is 8.03. The molecule has 11 heavy (non-hydrogen) atoms. The van der Waals surface area contributed by atoms with Gasteiger partial charge in [0.1, 0.15) is 0 Å². The molecule has 1 aromatic rings. The van der Waals surface area contributed by atoms with Crippen molar-refractivity contribution in [2.45, 2.75) is 6.16 Å². The van der Waals surface area contributed by atoms with Crippen LogP contribution >= 0.6 is 40.7 Å². The second-order valence-corrected chi connectivity index (χ2v) is 6.41. The molecule has 0 N–H and O–H groups in total. The lowest BCUT2D eigenvalue weighted by Crippen LogP contribution is -1.76. The second-order valence-electron chi connectivity index (χ2n) is 2.09. The predicted molar refractivity (Wildman–Crippen MR) is 53.8 cm³/mol. The minimum atomic E-state index is -0.885. The van der Waals surface area contributed by atoms with Gasteiger partial charge in [0.05, 0.1) is 6.63 Å². The minimum absolute atomic E-state index is 0.732. The van der Waals surface area contributed by atoms with E-state index in [4.69, 9.17) is 34.1 Å². The Kier molecular flexibility index (Phi) is 3.95. The maximum absolute atomic E-state index is 5.69. The maximum Gasteiger partial charge on any atom is 0.0899 e. The summed E-state index contributed by atoms with van der Waals surface area (Å²) in [5, 5.41) is 0.738. The molecule has 0 saturated heterocycles. The van der Waals surface area contributed by atoms with E-state index >= 15 is 0 Å². The smallest absolute Gasteiger partial charge is 0.0843 e. The fourth-order valence-electron chi connectivity index (χ4n) is 0.728. The topological polar surface area (TPSA) is 0 Å². The van der Waals surface area contributed by atoms with E-state index in [1.54, 1.807) is 0 Å². The molecule has 0 atom stereocenters. The van der Waals surface area contributed by atoms with Gasteiger partial charge in [-0.25, -0.2) is 0 Å². The van der Waals surface area contributed by atoms with Gasteiger partial charge in [0.15, 0.2) is 0 Å². The molecule has 0 unspecified atom stereocenters. The van der Waals surface area contributed by atoms with Gasteiger partial charge in [0, 0.05) is 11.2 Å². The third-order valence-corrected chi connectivity index (χ3v) is 2.79. The number of benzene rings is 1. The van der Waals surface area contributed by atoms with E-state index in [1.165, 1.54) is 0 Å². The average molecular weight is 227 g/mol. The molecule has 60 valence electrons. The van der Waals surface area contributed by atoms with Gasteiger partial charge in [-0.05, 0) is 17.7 Å². The molecule has 0 aliphatic carbocycles. The minimum Gasteiger partial charge on any atom is -0.0843 e. The summed E-state index contributed by atoms with van der Waals surface area (Å²) in [4.78, 5) is 0. The second kappa shape index (κ2) is 4.52. The van der Waals surface area contributed by atoms with Crippen LogP contribution in [0.3, 0.4) is 0 Å². The first-order valence-electron chi connectivity index (χ1n) is 3.02. The first kappa shape index (κ1) is 9.61. The van der Waals surface area contributed by atoms with Crippen molar-refractivity contribution in [3.8, 4) is 0 Å². The summed E-state index contributed by atoms with van der Waals surface area (Å²) in [7, 11) is 0. The summed E-state index contributed by atoms with van der Waals surface area (Å²) in [6.07, 6.45) is 0.732. The summed E-state index contributed by atoms with van der Waals surface area (Å²) >= 11 is 17.0. The highest BCUT2D eigenvalue weighted by Gasteiger charge is 2.00. The largest absolute Gasteiger partial charge is 0.0899 e. The molecule has 0 fully saturated rings. The number of hydrogen-bond donors (Lipinski definition) is 0. The molecular formula is C7H6Cl3P. The van der Waals surface area contributed by atoms with Crippen molar-refractivity contribution in [1.29, 1.82) is 0 Å². The fourth-order valence-corrected chi connectivity index (χ4v) is 2.17. The summed E-state index contributed by atoms with van der Waals surface area (Å²) in [5.74, 6) is 0. The predicted octanol–water partition coefficient (Wildman–Crippen LogP) is 4.63. The van der Waals surface area contributed by atoms with Crippen molar-refractivity contribution in [1.82, 2.24) is 0 Å². The van der Waals surface area contributed by atoms with Gasteiger partial charge < -0.3 is 0 Å². The summed E-state index contributed by atoms with van der Waals surface area (Å²) in [5.41, 5.74) is 1.13. The van der Waals surface area contributed by atoms with Crippen LogP contribution in [0.2, 0.25) is 5.02 Å². The Labute approximate surface area is 81.8 Å². The Bertz CT molecular complexity index is 220. The van der Waals surface area contributed by atoms with Gasteiger partial charge in [-0.1, -0.05) is 46.2 Å². The summed E-state index contributed by atoms with van der Waals surface area (Å²) in [6.45, 7) is -0.885. The van der Waals surface area contributed by atoms with Gasteiger partial charge in [-0.3, -0.25) is 0 Å². The van der Waals surface area contributed by atoms with E-state index in [1.807, 2.05) is 24.3 Å². The van der Waals surface area contributed by atoms with Crippen LogP contribution in [0.25, 0.3) is 0 Å².